The molecule has 4 aliphatic rings. The van der Waals surface area contributed by atoms with E-state index in [-0.39, 0.29) is 5.57 Å². The fourth-order valence-corrected chi connectivity index (χ4v) is 4.92. The van der Waals surface area contributed by atoms with Crippen LogP contribution in [0.5, 0.6) is 0 Å². The second-order valence-corrected chi connectivity index (χ2v) is 9.29. The summed E-state index contributed by atoms with van der Waals surface area (Å²) in [5, 5.41) is 88.9. The highest BCUT2D eigenvalue weighted by molar-refractivity contribution is 5.90. The first-order chi connectivity index (χ1) is 17.6. The number of ether oxygens (including phenoxy) is 5. The Labute approximate surface area is 210 Å². The molecule has 15 heteroatoms. The summed E-state index contributed by atoms with van der Waals surface area (Å²) in [4.78, 5) is 13.0. The number of carbonyl (C=O) groups excluding carboxylic acids is 1. The number of rotatable bonds is 7. The molecule has 210 valence electrons. The van der Waals surface area contributed by atoms with E-state index in [2.05, 4.69) is 0 Å². The van der Waals surface area contributed by atoms with Gasteiger partial charge in [0.2, 0.25) is 12.6 Å². The van der Waals surface area contributed by atoms with E-state index in [0.29, 0.717) is 24.0 Å². The van der Waals surface area contributed by atoms with Crippen LogP contribution in [0.1, 0.15) is 12.8 Å². The molecular weight excluding hydrogens is 504 g/mol. The monoisotopic (exact) mass is 536 g/mol. The molecular formula is C22H32O15. The van der Waals surface area contributed by atoms with Crippen LogP contribution in [0.2, 0.25) is 0 Å². The van der Waals surface area contributed by atoms with Crippen LogP contribution in [0.25, 0.3) is 0 Å². The Morgan fingerprint density at radius 1 is 0.838 bits per heavy atom. The van der Waals surface area contributed by atoms with Gasteiger partial charge in [0, 0.05) is 11.5 Å². The molecule has 0 aromatic heterocycles. The molecule has 3 aliphatic heterocycles. The molecule has 0 spiro atoms. The normalized spacial score (nSPS) is 44.2. The summed E-state index contributed by atoms with van der Waals surface area (Å²) in [7, 11) is 0. The van der Waals surface area contributed by atoms with Gasteiger partial charge in [0.1, 0.15) is 48.8 Å². The quantitative estimate of drug-likeness (QED) is 0.109. The smallest absolute Gasteiger partial charge is 0.340 e. The number of aliphatic hydroxyl groups excluding tert-OH is 9. The summed E-state index contributed by atoms with van der Waals surface area (Å²) in [5.74, 6) is -1.69. The molecule has 12 atom stereocenters. The van der Waals surface area contributed by atoms with Gasteiger partial charge >= 0.3 is 5.97 Å². The molecule has 0 aromatic rings. The molecule has 2 fully saturated rings. The number of carbonyl (C=O) groups is 1. The average molecular weight is 536 g/mol. The van der Waals surface area contributed by atoms with Crippen molar-refractivity contribution in [3.63, 3.8) is 0 Å². The molecule has 2 saturated heterocycles. The Kier molecular flexibility index (Phi) is 8.84. The largest absolute Gasteiger partial charge is 0.468 e. The Morgan fingerprint density at radius 3 is 1.97 bits per heavy atom. The Morgan fingerprint density at radius 2 is 1.41 bits per heavy atom. The predicted octanol–water partition coefficient (Wildman–Crippen LogP) is -4.91. The SMILES string of the molecule is O=C(OC1OC(CO)C(O)C(O)C1O)C1=COC(OC2OC(CO)C(O)C(O)C2O)C2=C(CO)CCC12. The van der Waals surface area contributed by atoms with E-state index in [1.807, 2.05) is 0 Å². The summed E-state index contributed by atoms with van der Waals surface area (Å²) in [6, 6.07) is 0. The van der Waals surface area contributed by atoms with E-state index in [1.165, 1.54) is 0 Å². The van der Waals surface area contributed by atoms with E-state index in [4.69, 9.17) is 23.7 Å². The first-order valence-electron chi connectivity index (χ1n) is 11.8. The fraction of sp³-hybridized carbons (Fsp3) is 0.773. The second-order valence-electron chi connectivity index (χ2n) is 9.29. The van der Waals surface area contributed by atoms with Gasteiger partial charge in [-0.1, -0.05) is 0 Å². The Bertz CT molecular complexity index is 887. The Hall–Kier alpha value is -1.73. The van der Waals surface area contributed by atoms with Crippen LogP contribution in [-0.2, 0) is 28.5 Å². The summed E-state index contributed by atoms with van der Waals surface area (Å²) >= 11 is 0. The summed E-state index contributed by atoms with van der Waals surface area (Å²) in [5.41, 5.74) is 0.776. The van der Waals surface area contributed by atoms with Gasteiger partial charge in [-0.05, 0) is 18.4 Å². The standard InChI is InChI=1S/C22H32O15/c23-3-7-1-2-8-9(19(32)36-21-17(30)15(28)13(26)10(4-24)34-21)6-33-20(12(7)8)37-22-18(31)16(29)14(27)11(5-25)35-22/h6,8,10-11,13-18,20-31H,1-5H2. The first-order valence-corrected chi connectivity index (χ1v) is 11.8. The third-order valence-corrected chi connectivity index (χ3v) is 7.07. The molecule has 0 radical (unpaired) electrons. The van der Waals surface area contributed by atoms with E-state index < -0.39 is 99.4 Å². The van der Waals surface area contributed by atoms with Gasteiger partial charge in [-0.25, -0.2) is 4.79 Å². The van der Waals surface area contributed by atoms with Crippen molar-refractivity contribution in [1.82, 2.24) is 0 Å². The molecule has 0 amide bonds. The van der Waals surface area contributed by atoms with Crippen molar-refractivity contribution >= 4 is 5.97 Å². The topological polar surface area (TPSA) is 245 Å². The van der Waals surface area contributed by atoms with E-state index in [1.54, 1.807) is 0 Å². The lowest BCUT2D eigenvalue weighted by Crippen LogP contribution is -2.60. The van der Waals surface area contributed by atoms with Gasteiger partial charge in [-0.2, -0.15) is 0 Å². The fourth-order valence-electron chi connectivity index (χ4n) is 4.92. The molecule has 0 saturated carbocycles. The van der Waals surface area contributed by atoms with Gasteiger partial charge in [-0.3, -0.25) is 0 Å². The molecule has 4 rings (SSSR count). The zero-order valence-corrected chi connectivity index (χ0v) is 19.5. The number of aliphatic hydroxyl groups is 9. The lowest BCUT2D eigenvalue weighted by atomic mass is 9.90. The zero-order valence-electron chi connectivity index (χ0n) is 19.5. The minimum Gasteiger partial charge on any atom is -0.468 e. The van der Waals surface area contributed by atoms with Gasteiger partial charge in [0.05, 0.1) is 31.7 Å². The van der Waals surface area contributed by atoms with Crippen LogP contribution in [0.15, 0.2) is 23.0 Å². The van der Waals surface area contributed by atoms with Crippen LogP contribution >= 0.6 is 0 Å². The third kappa shape index (κ3) is 5.27. The summed E-state index contributed by atoms with van der Waals surface area (Å²) < 4.78 is 27.0. The van der Waals surface area contributed by atoms with Crippen molar-refractivity contribution in [1.29, 1.82) is 0 Å². The molecule has 0 bridgehead atoms. The number of hydrogen-bond donors (Lipinski definition) is 9. The van der Waals surface area contributed by atoms with Crippen molar-refractivity contribution in [2.24, 2.45) is 5.92 Å². The maximum Gasteiger partial charge on any atom is 0.340 e. The van der Waals surface area contributed by atoms with Crippen molar-refractivity contribution in [2.75, 3.05) is 19.8 Å². The zero-order chi connectivity index (χ0) is 27.0. The molecule has 0 aromatic carbocycles. The van der Waals surface area contributed by atoms with Crippen LogP contribution < -0.4 is 0 Å². The number of esters is 1. The molecule has 12 unspecified atom stereocenters. The van der Waals surface area contributed by atoms with Crippen LogP contribution in [0.3, 0.4) is 0 Å². The van der Waals surface area contributed by atoms with Crippen LogP contribution in [-0.4, -0.2) is 139 Å². The molecule has 9 N–H and O–H groups in total. The van der Waals surface area contributed by atoms with Crippen LogP contribution in [0, 0.1) is 5.92 Å². The molecule has 15 nitrogen and oxygen atoms in total. The molecule has 1 aliphatic carbocycles. The summed E-state index contributed by atoms with van der Waals surface area (Å²) in [6.45, 7) is -1.78. The highest BCUT2D eigenvalue weighted by atomic mass is 16.8. The minimum absolute atomic E-state index is 0.0379. The Balaban J connectivity index is 1.51. The highest BCUT2D eigenvalue weighted by Crippen LogP contribution is 2.44. The third-order valence-electron chi connectivity index (χ3n) is 7.07. The minimum atomic E-state index is -1.80. The second kappa shape index (κ2) is 11.6. The predicted molar refractivity (Wildman–Crippen MR) is 115 cm³/mol. The van der Waals surface area contributed by atoms with Crippen molar-refractivity contribution in [3.8, 4) is 0 Å². The summed E-state index contributed by atoms with van der Waals surface area (Å²) in [6.07, 6.45) is -15.5. The van der Waals surface area contributed by atoms with E-state index in [0.717, 1.165) is 6.26 Å². The maximum atomic E-state index is 13.0. The van der Waals surface area contributed by atoms with E-state index >= 15 is 0 Å². The van der Waals surface area contributed by atoms with Gasteiger partial charge in [0.15, 0.2) is 6.29 Å². The van der Waals surface area contributed by atoms with Crippen molar-refractivity contribution < 1.29 is 74.4 Å². The molecule has 3 heterocycles. The lowest BCUT2D eigenvalue weighted by molar-refractivity contribution is -0.327. The maximum absolute atomic E-state index is 13.0. The average Bonchev–Trinajstić information content (AvgIpc) is 3.34. The van der Waals surface area contributed by atoms with Crippen molar-refractivity contribution in [2.45, 2.75) is 80.5 Å². The van der Waals surface area contributed by atoms with Gasteiger partial charge in [-0.15, -0.1) is 0 Å². The van der Waals surface area contributed by atoms with Gasteiger partial charge in [0.25, 0.3) is 0 Å². The van der Waals surface area contributed by atoms with Crippen LogP contribution in [0.4, 0.5) is 0 Å². The number of hydrogen-bond acceptors (Lipinski definition) is 15. The first kappa shape index (κ1) is 28.3. The number of fused-ring (bicyclic) bond motifs is 1. The van der Waals surface area contributed by atoms with Crippen molar-refractivity contribution in [3.05, 3.63) is 23.0 Å². The van der Waals surface area contributed by atoms with Gasteiger partial charge < -0.3 is 69.6 Å². The van der Waals surface area contributed by atoms with E-state index in [9.17, 15) is 50.8 Å². The lowest BCUT2D eigenvalue weighted by Gasteiger charge is -2.42. The highest BCUT2D eigenvalue weighted by Gasteiger charge is 2.49. The molecule has 37 heavy (non-hydrogen) atoms.